The lowest BCUT2D eigenvalue weighted by Crippen LogP contribution is -2.67. The van der Waals surface area contributed by atoms with Crippen LogP contribution in [0.1, 0.15) is 55.0 Å². The number of hydrogen-bond acceptors (Lipinski definition) is 5. The second-order valence-corrected chi connectivity index (χ2v) is 10.3. The third kappa shape index (κ3) is 2.22. The van der Waals surface area contributed by atoms with Crippen LogP contribution in [0.4, 0.5) is 5.69 Å². The molecule has 3 aliphatic heterocycles. The molecule has 7 rings (SSSR count). The minimum Gasteiger partial charge on any atom is -0.325 e. The molecule has 36 heavy (non-hydrogen) atoms. The summed E-state index contributed by atoms with van der Waals surface area (Å²) in [7, 11) is 0. The van der Waals surface area contributed by atoms with Crippen molar-refractivity contribution in [3.8, 4) is 0 Å². The maximum Gasteiger partial charge on any atom is 0.238 e. The normalized spacial score (nSPS) is 27.4. The Bertz CT molecular complexity index is 1470. The Hall–Kier alpha value is -3.90. The highest BCUT2D eigenvalue weighted by Gasteiger charge is 2.83. The number of amides is 1. The van der Waals surface area contributed by atoms with Crippen molar-refractivity contribution >= 4 is 28.9 Å². The molecular formula is C30H24N2O4. The quantitative estimate of drug-likeness (QED) is 0.447. The lowest BCUT2D eigenvalue weighted by atomic mass is 9.57. The fraction of sp³-hybridized carbons (Fsp3) is 0.267. The van der Waals surface area contributed by atoms with Gasteiger partial charge in [-0.15, -0.1) is 0 Å². The molecule has 1 N–H and O–H groups in total. The third-order valence-electron chi connectivity index (χ3n) is 8.80. The summed E-state index contributed by atoms with van der Waals surface area (Å²) >= 11 is 0. The number of carbonyl (C=O) groups excluding carboxylic acids is 4. The van der Waals surface area contributed by atoms with Crippen LogP contribution in [0.3, 0.4) is 0 Å². The lowest BCUT2D eigenvalue weighted by Gasteiger charge is -2.42. The number of nitrogens with zero attached hydrogens (tertiary/aromatic N) is 1. The number of para-hydroxylation sites is 1. The molecule has 0 bridgehead atoms. The smallest absolute Gasteiger partial charge is 0.238 e. The minimum atomic E-state index is -1.79. The highest BCUT2D eigenvalue weighted by atomic mass is 16.2. The van der Waals surface area contributed by atoms with E-state index in [-0.39, 0.29) is 17.3 Å². The van der Waals surface area contributed by atoms with E-state index in [4.69, 9.17) is 0 Å². The highest BCUT2D eigenvalue weighted by Crippen LogP contribution is 2.64. The van der Waals surface area contributed by atoms with Crippen molar-refractivity contribution in [1.82, 2.24) is 4.90 Å². The fourth-order valence-corrected chi connectivity index (χ4v) is 7.50. The summed E-state index contributed by atoms with van der Waals surface area (Å²) in [6.07, 6.45) is 1.39. The fourth-order valence-electron chi connectivity index (χ4n) is 7.50. The lowest BCUT2D eigenvalue weighted by molar-refractivity contribution is -0.123. The van der Waals surface area contributed by atoms with Crippen LogP contribution in [0.2, 0.25) is 0 Å². The van der Waals surface area contributed by atoms with Gasteiger partial charge in [-0.1, -0.05) is 72.3 Å². The standard InChI is InChI=1S/C30H24N2O4/c1-17-12-14-18(15-13-17)25(33)24-23-11-6-16-32(23)30(26(34)19-7-2-3-8-20(19)27(30)35)29(24)21-9-4-5-10-22(21)31-28(29)36/h2-5,7-10,12-15,23-24H,6,11,16H2,1H3,(H,31,36)/t23?,24-,29+/m0/s1. The second kappa shape index (κ2) is 7.08. The van der Waals surface area contributed by atoms with Crippen LogP contribution in [0.25, 0.3) is 0 Å². The van der Waals surface area contributed by atoms with E-state index < -0.39 is 28.8 Å². The maximum atomic E-state index is 14.5. The number of anilines is 1. The van der Waals surface area contributed by atoms with Crippen molar-refractivity contribution in [2.45, 2.75) is 36.8 Å². The molecule has 2 spiro atoms. The molecule has 2 saturated heterocycles. The molecule has 0 saturated carbocycles. The molecule has 2 fully saturated rings. The summed E-state index contributed by atoms with van der Waals surface area (Å²) in [5, 5.41) is 2.96. The second-order valence-electron chi connectivity index (χ2n) is 10.3. The van der Waals surface area contributed by atoms with E-state index in [2.05, 4.69) is 5.32 Å². The molecule has 6 heteroatoms. The molecule has 178 valence electrons. The molecule has 3 aromatic rings. The molecule has 6 nitrogen and oxygen atoms in total. The molecule has 3 aromatic carbocycles. The summed E-state index contributed by atoms with van der Waals surface area (Å²) in [6.45, 7) is 2.43. The van der Waals surface area contributed by atoms with E-state index in [9.17, 15) is 19.2 Å². The van der Waals surface area contributed by atoms with Crippen molar-refractivity contribution in [2.75, 3.05) is 11.9 Å². The predicted octanol–water partition coefficient (Wildman–Crippen LogP) is 3.98. The summed E-state index contributed by atoms with van der Waals surface area (Å²) in [4.78, 5) is 59.6. The molecular weight excluding hydrogens is 452 g/mol. The van der Waals surface area contributed by atoms with Crippen molar-refractivity contribution in [3.05, 3.63) is 101 Å². The zero-order valence-corrected chi connectivity index (χ0v) is 19.8. The van der Waals surface area contributed by atoms with Crippen LogP contribution in [0.5, 0.6) is 0 Å². The first-order valence-corrected chi connectivity index (χ1v) is 12.4. The Balaban J connectivity index is 1.57. The molecule has 3 heterocycles. The number of ketones is 3. The minimum absolute atomic E-state index is 0.202. The number of hydrogen-bond donors (Lipinski definition) is 1. The van der Waals surface area contributed by atoms with Gasteiger partial charge in [0.25, 0.3) is 0 Å². The van der Waals surface area contributed by atoms with Gasteiger partial charge in [-0.25, -0.2) is 0 Å². The van der Waals surface area contributed by atoms with Gasteiger partial charge in [0.05, 0.1) is 5.92 Å². The Labute approximate surface area is 208 Å². The van der Waals surface area contributed by atoms with E-state index >= 15 is 0 Å². The van der Waals surface area contributed by atoms with Gasteiger partial charge in [0, 0.05) is 28.4 Å². The Morgan fingerprint density at radius 2 is 1.53 bits per heavy atom. The summed E-state index contributed by atoms with van der Waals surface area (Å²) < 4.78 is 0. The van der Waals surface area contributed by atoms with Crippen LogP contribution in [0.15, 0.2) is 72.8 Å². The van der Waals surface area contributed by atoms with E-state index in [0.717, 1.165) is 12.0 Å². The van der Waals surface area contributed by atoms with Gasteiger partial charge < -0.3 is 5.32 Å². The first-order chi connectivity index (χ1) is 17.4. The first-order valence-electron chi connectivity index (χ1n) is 12.4. The molecule has 0 radical (unpaired) electrons. The van der Waals surface area contributed by atoms with Gasteiger partial charge in [-0.3, -0.25) is 24.1 Å². The summed E-state index contributed by atoms with van der Waals surface area (Å²) in [6, 6.07) is 20.9. The van der Waals surface area contributed by atoms with Gasteiger partial charge in [0.2, 0.25) is 5.91 Å². The maximum absolute atomic E-state index is 14.5. The number of Topliss-reactive ketones (excluding diaryl/α,β-unsaturated/α-hetero) is 3. The first kappa shape index (κ1) is 21.4. The molecule has 0 aromatic heterocycles. The van der Waals surface area contributed by atoms with Crippen LogP contribution in [0, 0.1) is 12.8 Å². The Kier molecular flexibility index (Phi) is 4.20. The zero-order chi connectivity index (χ0) is 24.8. The van der Waals surface area contributed by atoms with Crippen molar-refractivity contribution in [2.24, 2.45) is 5.92 Å². The third-order valence-corrected chi connectivity index (χ3v) is 8.80. The molecule has 3 atom stereocenters. The topological polar surface area (TPSA) is 83.6 Å². The zero-order valence-electron chi connectivity index (χ0n) is 19.8. The van der Waals surface area contributed by atoms with Gasteiger partial charge in [-0.2, -0.15) is 0 Å². The van der Waals surface area contributed by atoms with Crippen molar-refractivity contribution in [1.29, 1.82) is 0 Å². The van der Waals surface area contributed by atoms with Crippen molar-refractivity contribution < 1.29 is 19.2 Å². The number of nitrogens with one attached hydrogen (secondary N) is 1. The number of benzene rings is 3. The summed E-state index contributed by atoms with van der Waals surface area (Å²) in [5.74, 6) is -2.28. The van der Waals surface area contributed by atoms with E-state index in [0.29, 0.717) is 40.9 Å². The van der Waals surface area contributed by atoms with E-state index in [1.807, 2.05) is 36.1 Å². The van der Waals surface area contributed by atoms with Crippen LogP contribution in [-0.2, 0) is 10.2 Å². The summed E-state index contributed by atoms with van der Waals surface area (Å²) in [5.41, 5.74) is -0.177. The van der Waals surface area contributed by atoms with Crippen molar-refractivity contribution in [3.63, 3.8) is 0 Å². The van der Waals surface area contributed by atoms with Crippen LogP contribution in [-0.4, -0.2) is 46.3 Å². The Morgan fingerprint density at radius 3 is 2.22 bits per heavy atom. The molecule has 4 aliphatic rings. The SMILES string of the molecule is Cc1ccc(C(=O)[C@@H]2C3CCCN3C3(C(=O)c4ccccc4C3=O)[C@@]23C(=O)Nc2ccccc23)cc1. The van der Waals surface area contributed by atoms with Gasteiger partial charge in [0.1, 0.15) is 5.41 Å². The van der Waals surface area contributed by atoms with Crippen LogP contribution < -0.4 is 5.32 Å². The molecule has 1 aliphatic carbocycles. The number of fused-ring (bicyclic) bond motifs is 6. The predicted molar refractivity (Wildman–Crippen MR) is 133 cm³/mol. The van der Waals surface area contributed by atoms with Gasteiger partial charge in [-0.05, 0) is 37.9 Å². The number of aryl methyl sites for hydroxylation is 1. The van der Waals surface area contributed by atoms with Crippen LogP contribution >= 0.6 is 0 Å². The molecule has 1 amide bonds. The van der Waals surface area contributed by atoms with Gasteiger partial charge in [0.15, 0.2) is 22.9 Å². The number of rotatable bonds is 2. The monoisotopic (exact) mass is 476 g/mol. The Morgan fingerprint density at radius 1 is 0.889 bits per heavy atom. The van der Waals surface area contributed by atoms with E-state index in [1.165, 1.54) is 0 Å². The average Bonchev–Trinajstić information content (AvgIpc) is 3.59. The number of carbonyl (C=O) groups is 4. The molecule has 1 unspecified atom stereocenters. The van der Waals surface area contributed by atoms with Gasteiger partial charge >= 0.3 is 0 Å². The van der Waals surface area contributed by atoms with E-state index in [1.54, 1.807) is 48.5 Å². The largest absolute Gasteiger partial charge is 0.325 e. The average molecular weight is 477 g/mol. The highest BCUT2D eigenvalue weighted by molar-refractivity contribution is 6.38.